The van der Waals surface area contributed by atoms with Gasteiger partial charge in [0.05, 0.1) is 5.75 Å². The summed E-state index contributed by atoms with van der Waals surface area (Å²) in [5, 5.41) is 6.36. The van der Waals surface area contributed by atoms with Gasteiger partial charge in [0.15, 0.2) is 15.8 Å². The molecule has 0 atom stereocenters. The van der Waals surface area contributed by atoms with Gasteiger partial charge >= 0.3 is 0 Å². The third-order valence-electron chi connectivity index (χ3n) is 4.71. The highest BCUT2D eigenvalue weighted by Gasteiger charge is 2.33. The smallest absolute Gasteiger partial charge is 0.191 e. The van der Waals surface area contributed by atoms with Gasteiger partial charge in [-0.3, -0.25) is 4.99 Å². The Bertz CT molecular complexity index is 471. The van der Waals surface area contributed by atoms with Crippen LogP contribution in [-0.4, -0.2) is 58.7 Å². The Balaban J connectivity index is 2.58. The van der Waals surface area contributed by atoms with Crippen LogP contribution in [0.25, 0.3) is 0 Å². The number of hydrogen-bond donors (Lipinski definition) is 2. The fourth-order valence-corrected chi connectivity index (χ4v) is 3.80. The van der Waals surface area contributed by atoms with Crippen molar-refractivity contribution in [1.29, 1.82) is 0 Å². The van der Waals surface area contributed by atoms with Gasteiger partial charge in [0.2, 0.25) is 0 Å². The highest BCUT2D eigenvalue weighted by atomic mass is 32.2. The van der Waals surface area contributed by atoms with Gasteiger partial charge in [-0.25, -0.2) is 8.42 Å². The summed E-state index contributed by atoms with van der Waals surface area (Å²) < 4.78 is 28.7. The van der Waals surface area contributed by atoms with Crippen molar-refractivity contribution >= 4 is 15.8 Å². The molecule has 1 rings (SSSR count). The van der Waals surface area contributed by atoms with E-state index in [1.165, 1.54) is 25.7 Å². The molecule has 0 aromatic heterocycles. The van der Waals surface area contributed by atoms with Crippen LogP contribution in [-0.2, 0) is 14.6 Å². The van der Waals surface area contributed by atoms with Crippen LogP contribution in [0.1, 0.15) is 52.9 Å². The molecular weight excluding hydrogens is 326 g/mol. The van der Waals surface area contributed by atoms with Crippen LogP contribution in [0.5, 0.6) is 0 Å². The van der Waals surface area contributed by atoms with Crippen molar-refractivity contribution in [1.82, 2.24) is 10.6 Å². The quantitative estimate of drug-likeness (QED) is 0.334. The molecule has 1 aliphatic carbocycles. The molecule has 0 bridgehead atoms. The summed E-state index contributed by atoms with van der Waals surface area (Å²) in [6.07, 6.45) is 5.98. The fraction of sp³-hybridized carbons (Fsp3) is 0.941. The van der Waals surface area contributed by atoms with Crippen LogP contribution in [0.4, 0.5) is 0 Å². The maximum Gasteiger partial charge on any atom is 0.191 e. The zero-order valence-corrected chi connectivity index (χ0v) is 16.4. The Morgan fingerprint density at radius 2 is 1.88 bits per heavy atom. The number of sulfone groups is 1. The van der Waals surface area contributed by atoms with E-state index < -0.39 is 9.84 Å². The Kier molecular flexibility index (Phi) is 9.66. The molecule has 0 aliphatic heterocycles. The lowest BCUT2D eigenvalue weighted by Crippen LogP contribution is -2.40. The van der Waals surface area contributed by atoms with Gasteiger partial charge in [-0.05, 0) is 38.5 Å². The summed E-state index contributed by atoms with van der Waals surface area (Å²) in [4.78, 5) is 4.74. The minimum Gasteiger partial charge on any atom is -0.382 e. The average molecular weight is 362 g/mol. The van der Waals surface area contributed by atoms with Crippen molar-refractivity contribution in [2.75, 3.05) is 44.4 Å². The molecule has 1 fully saturated rings. The third kappa shape index (κ3) is 7.83. The van der Waals surface area contributed by atoms with Crippen LogP contribution < -0.4 is 10.6 Å². The van der Waals surface area contributed by atoms with Gasteiger partial charge in [-0.2, -0.15) is 0 Å². The molecule has 1 saturated carbocycles. The predicted molar refractivity (Wildman–Crippen MR) is 100 cm³/mol. The van der Waals surface area contributed by atoms with E-state index in [1.54, 1.807) is 6.92 Å². The lowest BCUT2D eigenvalue weighted by atomic mass is 9.83. The number of ether oxygens (including phenoxy) is 1. The lowest BCUT2D eigenvalue weighted by molar-refractivity contribution is 0.107. The van der Waals surface area contributed by atoms with E-state index in [0.29, 0.717) is 12.5 Å². The van der Waals surface area contributed by atoms with Crippen LogP contribution in [0.15, 0.2) is 4.99 Å². The lowest BCUT2D eigenvalue weighted by Gasteiger charge is -2.27. The van der Waals surface area contributed by atoms with E-state index in [9.17, 15) is 8.42 Å². The van der Waals surface area contributed by atoms with Crippen molar-refractivity contribution in [3.63, 3.8) is 0 Å². The van der Waals surface area contributed by atoms with Crippen LogP contribution in [0.3, 0.4) is 0 Å². The molecule has 0 aromatic rings. The molecule has 24 heavy (non-hydrogen) atoms. The summed E-state index contributed by atoms with van der Waals surface area (Å²) in [6, 6.07) is 0. The fourth-order valence-electron chi connectivity index (χ4n) is 3.10. The first-order valence-electron chi connectivity index (χ1n) is 9.27. The monoisotopic (exact) mass is 361 g/mol. The second-order valence-corrected chi connectivity index (χ2v) is 8.99. The molecule has 0 aromatic carbocycles. The van der Waals surface area contributed by atoms with E-state index in [0.717, 1.165) is 32.7 Å². The van der Waals surface area contributed by atoms with E-state index in [2.05, 4.69) is 10.6 Å². The molecular formula is C17H35N3O3S. The van der Waals surface area contributed by atoms with Gasteiger partial charge in [-0.15, -0.1) is 0 Å². The Labute approximate surface area is 147 Å². The van der Waals surface area contributed by atoms with Gasteiger partial charge < -0.3 is 15.4 Å². The van der Waals surface area contributed by atoms with Crippen molar-refractivity contribution in [3.8, 4) is 0 Å². The maximum atomic E-state index is 11.6. The van der Waals surface area contributed by atoms with Gasteiger partial charge in [0.1, 0.15) is 0 Å². The Morgan fingerprint density at radius 1 is 1.17 bits per heavy atom. The first-order chi connectivity index (χ1) is 11.5. The molecule has 1 aliphatic rings. The average Bonchev–Trinajstić information content (AvgIpc) is 3.02. The van der Waals surface area contributed by atoms with Crippen molar-refractivity contribution < 1.29 is 13.2 Å². The van der Waals surface area contributed by atoms with Gasteiger partial charge in [0, 0.05) is 38.6 Å². The van der Waals surface area contributed by atoms with Crippen molar-refractivity contribution in [2.24, 2.45) is 10.4 Å². The molecule has 142 valence electrons. The second kappa shape index (κ2) is 10.9. The third-order valence-corrected chi connectivity index (χ3v) is 6.41. The van der Waals surface area contributed by atoms with Crippen molar-refractivity contribution in [2.45, 2.75) is 52.9 Å². The number of aliphatic imine (C=N–C) groups is 1. The maximum absolute atomic E-state index is 11.6. The summed E-state index contributed by atoms with van der Waals surface area (Å²) >= 11 is 0. The Morgan fingerprint density at radius 3 is 2.46 bits per heavy atom. The van der Waals surface area contributed by atoms with Crippen LogP contribution in [0, 0.1) is 5.41 Å². The van der Waals surface area contributed by atoms with E-state index in [4.69, 9.17) is 9.73 Å². The normalized spacial score (nSPS) is 17.9. The van der Waals surface area contributed by atoms with Crippen molar-refractivity contribution in [3.05, 3.63) is 0 Å². The molecule has 0 spiro atoms. The van der Waals surface area contributed by atoms with E-state index in [-0.39, 0.29) is 16.9 Å². The molecule has 0 saturated heterocycles. The number of nitrogens with one attached hydrogen (secondary N) is 2. The molecule has 0 radical (unpaired) electrons. The molecule has 0 unspecified atom stereocenters. The summed E-state index contributed by atoms with van der Waals surface area (Å²) in [5.74, 6) is 1.04. The van der Waals surface area contributed by atoms with E-state index >= 15 is 0 Å². The largest absolute Gasteiger partial charge is 0.382 e. The molecule has 7 heteroatoms. The minimum atomic E-state index is -2.95. The number of nitrogens with zero attached hydrogens (tertiary/aromatic N) is 1. The standard InChI is InChI=1S/C17H35N3O3S/c1-4-18-16(19-12-14-24(21,22)6-3)20-15-17(9-7-8-10-17)11-13-23-5-2/h4-15H2,1-3H3,(H2,18,19,20). The number of guanidine groups is 1. The first-order valence-corrected chi connectivity index (χ1v) is 11.1. The zero-order chi connectivity index (χ0) is 17.9. The zero-order valence-electron chi connectivity index (χ0n) is 15.6. The topological polar surface area (TPSA) is 79.8 Å². The van der Waals surface area contributed by atoms with Gasteiger partial charge in [-0.1, -0.05) is 19.8 Å². The Hall–Kier alpha value is -0.820. The minimum absolute atomic E-state index is 0.142. The molecule has 0 amide bonds. The highest BCUT2D eigenvalue weighted by Crippen LogP contribution is 2.41. The van der Waals surface area contributed by atoms with Crippen LogP contribution >= 0.6 is 0 Å². The van der Waals surface area contributed by atoms with Gasteiger partial charge in [0.25, 0.3) is 0 Å². The first kappa shape index (κ1) is 21.2. The summed E-state index contributed by atoms with van der Waals surface area (Å²) in [5.41, 5.74) is 0.243. The number of rotatable bonds is 11. The summed E-state index contributed by atoms with van der Waals surface area (Å²) in [6.45, 7) is 9.21. The number of hydrogen-bond acceptors (Lipinski definition) is 4. The predicted octanol–water partition coefficient (Wildman–Crippen LogP) is 1.96. The van der Waals surface area contributed by atoms with E-state index in [1.807, 2.05) is 13.8 Å². The summed E-state index contributed by atoms with van der Waals surface area (Å²) in [7, 11) is -2.95. The molecule has 6 nitrogen and oxygen atoms in total. The second-order valence-electron chi connectivity index (χ2n) is 6.51. The molecule has 2 N–H and O–H groups in total. The van der Waals surface area contributed by atoms with Crippen LogP contribution in [0.2, 0.25) is 0 Å². The highest BCUT2D eigenvalue weighted by molar-refractivity contribution is 7.91. The SMILES string of the molecule is CCNC(=NCC1(CCOCC)CCCC1)NCCS(=O)(=O)CC. The molecule has 0 heterocycles.